The first-order valence-electron chi connectivity index (χ1n) is 6.08. The highest BCUT2D eigenvalue weighted by Crippen LogP contribution is 2.15. The molecule has 0 unspecified atom stereocenters. The van der Waals surface area contributed by atoms with E-state index in [0.29, 0.717) is 18.8 Å². The molecule has 19 heavy (non-hydrogen) atoms. The number of aromatic nitrogens is 4. The number of nitrogens with one attached hydrogen (secondary N) is 1. The summed E-state index contributed by atoms with van der Waals surface area (Å²) < 4.78 is 3.08. The van der Waals surface area contributed by atoms with Crippen molar-refractivity contribution in [3.8, 4) is 0 Å². The molecule has 0 radical (unpaired) electrons. The fraction of sp³-hybridized carbons (Fsp3) is 0.417. The standard InChI is InChI=1S/C12H16ClN5O/c1-3-18-12(19)11(13)10(7-16-18)14-5-4-9-6-15-17(2)8-9/h6-8,14H,3-5H2,1-2H3. The van der Waals surface area contributed by atoms with Crippen molar-refractivity contribution >= 4 is 17.3 Å². The summed E-state index contributed by atoms with van der Waals surface area (Å²) in [5.74, 6) is 0. The van der Waals surface area contributed by atoms with Crippen LogP contribution in [-0.4, -0.2) is 26.1 Å². The van der Waals surface area contributed by atoms with E-state index in [1.54, 1.807) is 10.9 Å². The number of nitrogens with zero attached hydrogens (tertiary/aromatic N) is 4. The maximum absolute atomic E-state index is 11.8. The maximum Gasteiger partial charge on any atom is 0.287 e. The van der Waals surface area contributed by atoms with E-state index in [1.165, 1.54) is 4.68 Å². The largest absolute Gasteiger partial charge is 0.382 e. The lowest BCUT2D eigenvalue weighted by Crippen LogP contribution is -2.23. The monoisotopic (exact) mass is 281 g/mol. The van der Waals surface area contributed by atoms with E-state index in [2.05, 4.69) is 15.5 Å². The lowest BCUT2D eigenvalue weighted by atomic mass is 10.2. The van der Waals surface area contributed by atoms with Gasteiger partial charge in [0.15, 0.2) is 0 Å². The zero-order valence-electron chi connectivity index (χ0n) is 10.9. The lowest BCUT2D eigenvalue weighted by molar-refractivity contribution is 0.616. The van der Waals surface area contributed by atoms with Crippen molar-refractivity contribution in [3.63, 3.8) is 0 Å². The van der Waals surface area contributed by atoms with E-state index in [1.807, 2.05) is 26.4 Å². The fourth-order valence-corrected chi connectivity index (χ4v) is 1.97. The highest BCUT2D eigenvalue weighted by atomic mass is 35.5. The molecule has 0 fully saturated rings. The highest BCUT2D eigenvalue weighted by Gasteiger charge is 2.07. The second kappa shape index (κ2) is 5.88. The Labute approximate surface area is 116 Å². The molecule has 0 amide bonds. The zero-order valence-corrected chi connectivity index (χ0v) is 11.7. The summed E-state index contributed by atoms with van der Waals surface area (Å²) in [6, 6.07) is 0. The third-order valence-corrected chi connectivity index (χ3v) is 3.14. The minimum Gasteiger partial charge on any atom is -0.382 e. The summed E-state index contributed by atoms with van der Waals surface area (Å²) in [5.41, 5.74) is 1.43. The molecule has 7 heteroatoms. The van der Waals surface area contributed by atoms with Crippen LogP contribution in [0.4, 0.5) is 5.69 Å². The van der Waals surface area contributed by atoms with Gasteiger partial charge < -0.3 is 5.32 Å². The fourth-order valence-electron chi connectivity index (χ4n) is 1.76. The van der Waals surface area contributed by atoms with Gasteiger partial charge in [-0.3, -0.25) is 9.48 Å². The average Bonchev–Trinajstić information content (AvgIpc) is 2.81. The van der Waals surface area contributed by atoms with Gasteiger partial charge in [0.05, 0.1) is 18.1 Å². The number of anilines is 1. The van der Waals surface area contributed by atoms with E-state index in [-0.39, 0.29) is 10.6 Å². The molecule has 0 atom stereocenters. The molecule has 102 valence electrons. The van der Waals surface area contributed by atoms with Crippen LogP contribution in [0.15, 0.2) is 23.4 Å². The van der Waals surface area contributed by atoms with Gasteiger partial charge in [0.1, 0.15) is 5.02 Å². The van der Waals surface area contributed by atoms with E-state index in [9.17, 15) is 4.79 Å². The molecule has 0 saturated heterocycles. The van der Waals surface area contributed by atoms with Gasteiger partial charge in [-0.25, -0.2) is 4.68 Å². The Balaban J connectivity index is 2.00. The lowest BCUT2D eigenvalue weighted by Gasteiger charge is -2.08. The summed E-state index contributed by atoms with van der Waals surface area (Å²) in [5, 5.41) is 11.4. The Morgan fingerprint density at radius 2 is 2.16 bits per heavy atom. The molecule has 2 aromatic rings. The van der Waals surface area contributed by atoms with Gasteiger partial charge in [0.25, 0.3) is 5.56 Å². The molecule has 1 N–H and O–H groups in total. The van der Waals surface area contributed by atoms with Crippen LogP contribution in [0.2, 0.25) is 5.02 Å². The number of halogens is 1. The van der Waals surface area contributed by atoms with Crippen LogP contribution in [0.3, 0.4) is 0 Å². The first kappa shape index (κ1) is 13.6. The topological polar surface area (TPSA) is 64.7 Å². The van der Waals surface area contributed by atoms with Gasteiger partial charge >= 0.3 is 0 Å². The Morgan fingerprint density at radius 1 is 1.37 bits per heavy atom. The van der Waals surface area contributed by atoms with Crippen LogP contribution < -0.4 is 10.9 Å². The minimum atomic E-state index is -0.268. The van der Waals surface area contributed by atoms with Crippen molar-refractivity contribution in [2.45, 2.75) is 19.9 Å². The smallest absolute Gasteiger partial charge is 0.287 e. The first-order chi connectivity index (χ1) is 9.11. The summed E-state index contributed by atoms with van der Waals surface area (Å²) in [6.45, 7) is 3.03. The van der Waals surface area contributed by atoms with Gasteiger partial charge in [-0.05, 0) is 18.9 Å². The van der Waals surface area contributed by atoms with Gasteiger partial charge in [-0.2, -0.15) is 10.2 Å². The number of rotatable bonds is 5. The zero-order chi connectivity index (χ0) is 13.8. The normalized spacial score (nSPS) is 10.7. The van der Waals surface area contributed by atoms with Crippen LogP contribution in [0.5, 0.6) is 0 Å². The molecule has 0 bridgehead atoms. The minimum absolute atomic E-state index is 0.183. The van der Waals surface area contributed by atoms with Crippen molar-refractivity contribution < 1.29 is 0 Å². The van der Waals surface area contributed by atoms with Crippen LogP contribution in [0.25, 0.3) is 0 Å². The van der Waals surface area contributed by atoms with Crippen LogP contribution in [0.1, 0.15) is 12.5 Å². The quantitative estimate of drug-likeness (QED) is 0.897. The second-order valence-corrected chi connectivity index (χ2v) is 4.57. The summed E-state index contributed by atoms with van der Waals surface area (Å²) in [4.78, 5) is 11.8. The third-order valence-electron chi connectivity index (χ3n) is 2.77. The molecule has 2 aromatic heterocycles. The first-order valence-corrected chi connectivity index (χ1v) is 6.46. The molecule has 0 aliphatic rings. The average molecular weight is 282 g/mol. The molecule has 0 spiro atoms. The molecule has 6 nitrogen and oxygen atoms in total. The number of hydrogen-bond acceptors (Lipinski definition) is 4. The Morgan fingerprint density at radius 3 is 2.79 bits per heavy atom. The van der Waals surface area contributed by atoms with Crippen molar-refractivity contribution in [2.75, 3.05) is 11.9 Å². The Bertz CT molecular complexity index is 619. The van der Waals surface area contributed by atoms with Crippen molar-refractivity contribution in [1.82, 2.24) is 19.6 Å². The summed E-state index contributed by atoms with van der Waals surface area (Å²) in [7, 11) is 1.88. The molecule has 2 heterocycles. The molecule has 2 rings (SSSR count). The van der Waals surface area contributed by atoms with Gasteiger partial charge in [0, 0.05) is 26.3 Å². The molecule has 0 aliphatic heterocycles. The predicted octanol–water partition coefficient (Wildman–Crippen LogP) is 1.30. The van der Waals surface area contributed by atoms with Crippen LogP contribution >= 0.6 is 11.6 Å². The third kappa shape index (κ3) is 3.14. The van der Waals surface area contributed by atoms with Crippen molar-refractivity contribution in [2.24, 2.45) is 7.05 Å². The Hall–Kier alpha value is -1.82. The van der Waals surface area contributed by atoms with Crippen molar-refractivity contribution in [3.05, 3.63) is 39.5 Å². The summed E-state index contributed by atoms with van der Waals surface area (Å²) >= 11 is 6.01. The molecule has 0 aromatic carbocycles. The Kier molecular flexibility index (Phi) is 4.21. The number of hydrogen-bond donors (Lipinski definition) is 1. The SMILES string of the molecule is CCn1ncc(NCCc2cnn(C)c2)c(Cl)c1=O. The highest BCUT2D eigenvalue weighted by molar-refractivity contribution is 6.32. The van der Waals surface area contributed by atoms with Gasteiger partial charge in [0.2, 0.25) is 0 Å². The second-order valence-electron chi connectivity index (χ2n) is 4.19. The predicted molar refractivity (Wildman–Crippen MR) is 74.6 cm³/mol. The van der Waals surface area contributed by atoms with Gasteiger partial charge in [-0.15, -0.1) is 0 Å². The maximum atomic E-state index is 11.8. The molecule has 0 saturated carbocycles. The van der Waals surface area contributed by atoms with Gasteiger partial charge in [-0.1, -0.05) is 11.6 Å². The van der Waals surface area contributed by atoms with Crippen LogP contribution in [0, 0.1) is 0 Å². The van der Waals surface area contributed by atoms with E-state index in [4.69, 9.17) is 11.6 Å². The molecular formula is C12H16ClN5O. The number of aryl methyl sites for hydroxylation is 2. The van der Waals surface area contributed by atoms with Crippen molar-refractivity contribution in [1.29, 1.82) is 0 Å². The molecular weight excluding hydrogens is 266 g/mol. The summed E-state index contributed by atoms with van der Waals surface area (Å²) in [6.07, 6.45) is 6.16. The molecule has 0 aliphatic carbocycles. The van der Waals surface area contributed by atoms with E-state index in [0.717, 1.165) is 12.0 Å². The van der Waals surface area contributed by atoms with E-state index >= 15 is 0 Å². The van der Waals surface area contributed by atoms with Crippen LogP contribution in [-0.2, 0) is 20.0 Å². The van der Waals surface area contributed by atoms with E-state index < -0.39 is 0 Å².